The van der Waals surface area contributed by atoms with Crippen LogP contribution in [0.5, 0.6) is 0 Å². The summed E-state index contributed by atoms with van der Waals surface area (Å²) < 4.78 is 1.79. The Balaban J connectivity index is 1.67. The van der Waals surface area contributed by atoms with Crippen molar-refractivity contribution in [3.8, 4) is 0 Å². The van der Waals surface area contributed by atoms with Crippen molar-refractivity contribution in [2.45, 2.75) is 50.7 Å². The number of rotatable bonds is 10. The molecule has 0 radical (unpaired) electrons. The van der Waals surface area contributed by atoms with Gasteiger partial charge in [-0.3, -0.25) is 19.4 Å². The molecule has 8 N–H and O–H groups in total. The van der Waals surface area contributed by atoms with Crippen LogP contribution in [0.1, 0.15) is 63.5 Å². The summed E-state index contributed by atoms with van der Waals surface area (Å²) in [6.45, 7) is 2.65. The van der Waals surface area contributed by atoms with Crippen molar-refractivity contribution in [2.75, 3.05) is 20.1 Å². The Bertz CT molecular complexity index is 1100. The second kappa shape index (κ2) is 11.9. The van der Waals surface area contributed by atoms with Crippen molar-refractivity contribution in [1.82, 2.24) is 30.1 Å². The highest BCUT2D eigenvalue weighted by atomic mass is 32.1. The number of guanidine groups is 1. The van der Waals surface area contributed by atoms with E-state index in [-0.39, 0.29) is 35.6 Å². The molecule has 1 fully saturated rings. The predicted molar refractivity (Wildman–Crippen MR) is 136 cm³/mol. The lowest BCUT2D eigenvalue weighted by molar-refractivity contribution is -0.122. The maximum Gasteiger partial charge on any atom is 0.274 e. The van der Waals surface area contributed by atoms with Gasteiger partial charge in [0.25, 0.3) is 11.8 Å². The molecule has 1 saturated heterocycles. The summed E-state index contributed by atoms with van der Waals surface area (Å²) in [5.41, 5.74) is 17.3. The van der Waals surface area contributed by atoms with Crippen molar-refractivity contribution >= 4 is 35.0 Å². The minimum atomic E-state index is -0.725. The molecular formula is C22H34N10O3S. The molecule has 0 saturated carbocycles. The molecule has 196 valence electrons. The molecule has 3 atom stereocenters. The van der Waals surface area contributed by atoms with Crippen molar-refractivity contribution in [2.24, 2.45) is 29.2 Å². The van der Waals surface area contributed by atoms with E-state index in [0.29, 0.717) is 49.5 Å². The highest BCUT2D eigenvalue weighted by Crippen LogP contribution is 2.34. The Morgan fingerprint density at radius 2 is 2.00 bits per heavy atom. The van der Waals surface area contributed by atoms with E-state index in [1.165, 1.54) is 18.4 Å². The Labute approximate surface area is 213 Å². The summed E-state index contributed by atoms with van der Waals surface area (Å²) in [6, 6.07) is -1.29. The third-order valence-corrected chi connectivity index (χ3v) is 6.97. The molecule has 3 rings (SSSR count). The quantitative estimate of drug-likeness (QED) is 0.156. The van der Waals surface area contributed by atoms with E-state index in [4.69, 9.17) is 17.2 Å². The first kappa shape index (κ1) is 27.1. The van der Waals surface area contributed by atoms with Crippen LogP contribution in [-0.2, 0) is 11.8 Å². The van der Waals surface area contributed by atoms with Gasteiger partial charge in [-0.25, -0.2) is 9.97 Å². The molecule has 2 aromatic heterocycles. The molecule has 0 aromatic carbocycles. The largest absolute Gasteiger partial charge is 0.370 e. The van der Waals surface area contributed by atoms with E-state index in [0.717, 1.165) is 5.82 Å². The van der Waals surface area contributed by atoms with Crippen LogP contribution in [0, 0.1) is 6.92 Å². The van der Waals surface area contributed by atoms with Gasteiger partial charge in [0.05, 0.1) is 6.04 Å². The van der Waals surface area contributed by atoms with E-state index in [1.807, 2.05) is 14.0 Å². The number of imidazole rings is 1. The molecule has 0 spiro atoms. The van der Waals surface area contributed by atoms with E-state index < -0.39 is 11.9 Å². The number of carbonyl (C=O) groups is 3. The molecular weight excluding hydrogens is 484 g/mol. The maximum atomic E-state index is 13.1. The molecule has 2 aromatic rings. The Kier molecular flexibility index (Phi) is 8.98. The minimum absolute atomic E-state index is 0.0177. The van der Waals surface area contributed by atoms with Crippen LogP contribution in [0.2, 0.25) is 0 Å². The van der Waals surface area contributed by atoms with Gasteiger partial charge in [-0.15, -0.1) is 11.3 Å². The Morgan fingerprint density at radius 1 is 1.25 bits per heavy atom. The number of amides is 3. The number of unbranched alkanes of at least 4 members (excludes halogenated alkanes) is 1. The van der Waals surface area contributed by atoms with E-state index in [2.05, 4.69) is 25.6 Å². The molecule has 3 heterocycles. The van der Waals surface area contributed by atoms with Crippen molar-refractivity contribution < 1.29 is 14.4 Å². The SMILES string of the molecule is CNC(=O)[C@H](CCCCN=C(N)N)NC(=O)c1csc([C@@H]2C[C@H](N)CN2C(=O)c2cn(C)c(C)n2)n1. The van der Waals surface area contributed by atoms with Crippen molar-refractivity contribution in [3.05, 3.63) is 33.8 Å². The van der Waals surface area contributed by atoms with E-state index >= 15 is 0 Å². The standard InChI is InChI=1S/C22H34N10O3S/c1-12-28-15(10-31(12)3)21(35)32-9-13(23)8-17(32)20-30-16(11-36-20)19(34)29-14(18(33)26-2)6-4-5-7-27-22(24)25/h10-11,13-14,17H,4-9,23H2,1-3H3,(H,26,33)(H,29,34)(H4,24,25,27)/t13-,14-,17-/m0/s1. The number of hydrogen-bond donors (Lipinski definition) is 5. The third kappa shape index (κ3) is 6.57. The summed E-state index contributed by atoms with van der Waals surface area (Å²) >= 11 is 1.28. The molecule has 36 heavy (non-hydrogen) atoms. The van der Waals surface area contributed by atoms with Crippen LogP contribution in [0.15, 0.2) is 16.6 Å². The summed E-state index contributed by atoms with van der Waals surface area (Å²) in [5, 5.41) is 7.57. The fourth-order valence-electron chi connectivity index (χ4n) is 4.02. The topological polar surface area (TPSA) is 200 Å². The zero-order valence-corrected chi connectivity index (χ0v) is 21.5. The molecule has 13 nitrogen and oxygen atoms in total. The molecule has 0 unspecified atom stereocenters. The lowest BCUT2D eigenvalue weighted by Crippen LogP contribution is -2.45. The normalized spacial score (nSPS) is 18.1. The van der Waals surface area contributed by atoms with Gasteiger partial charge < -0.3 is 37.3 Å². The van der Waals surface area contributed by atoms with Crippen molar-refractivity contribution in [1.29, 1.82) is 0 Å². The highest BCUT2D eigenvalue weighted by molar-refractivity contribution is 7.09. The summed E-state index contributed by atoms with van der Waals surface area (Å²) in [5.74, 6) is -0.239. The van der Waals surface area contributed by atoms with Gasteiger partial charge in [0.2, 0.25) is 5.91 Å². The van der Waals surface area contributed by atoms with E-state index in [1.54, 1.807) is 21.0 Å². The van der Waals surface area contributed by atoms with Crippen LogP contribution in [0.25, 0.3) is 0 Å². The number of nitrogens with one attached hydrogen (secondary N) is 2. The molecule has 1 aliphatic heterocycles. The molecule has 14 heteroatoms. The minimum Gasteiger partial charge on any atom is -0.370 e. The van der Waals surface area contributed by atoms with Crippen LogP contribution in [-0.4, -0.2) is 75.3 Å². The molecule has 0 bridgehead atoms. The van der Waals surface area contributed by atoms with Crippen LogP contribution < -0.4 is 27.8 Å². The van der Waals surface area contributed by atoms with Crippen LogP contribution in [0.4, 0.5) is 0 Å². The number of hydrogen-bond acceptors (Lipinski definition) is 8. The van der Waals surface area contributed by atoms with Gasteiger partial charge in [0.1, 0.15) is 28.3 Å². The van der Waals surface area contributed by atoms with Crippen LogP contribution >= 0.6 is 11.3 Å². The number of aromatic nitrogens is 3. The molecule has 3 amide bonds. The first-order valence-electron chi connectivity index (χ1n) is 11.7. The average Bonchev–Trinajstić information content (AvgIpc) is 3.55. The van der Waals surface area contributed by atoms with Crippen molar-refractivity contribution in [3.63, 3.8) is 0 Å². The fourth-order valence-corrected chi connectivity index (χ4v) is 4.95. The van der Waals surface area contributed by atoms with Gasteiger partial charge in [0.15, 0.2) is 5.96 Å². The second-order valence-corrected chi connectivity index (χ2v) is 9.66. The fraction of sp³-hybridized carbons (Fsp3) is 0.545. The van der Waals surface area contributed by atoms with E-state index in [9.17, 15) is 14.4 Å². The molecule has 1 aliphatic rings. The Morgan fingerprint density at radius 3 is 2.64 bits per heavy atom. The summed E-state index contributed by atoms with van der Waals surface area (Å²) in [4.78, 5) is 52.8. The summed E-state index contributed by atoms with van der Waals surface area (Å²) in [7, 11) is 3.34. The second-order valence-electron chi connectivity index (χ2n) is 8.77. The summed E-state index contributed by atoms with van der Waals surface area (Å²) in [6.07, 6.45) is 3.95. The predicted octanol–water partition coefficient (Wildman–Crippen LogP) is -0.612. The third-order valence-electron chi connectivity index (χ3n) is 6.03. The van der Waals surface area contributed by atoms with Gasteiger partial charge >= 0.3 is 0 Å². The van der Waals surface area contributed by atoms with Gasteiger partial charge in [0, 0.05) is 44.8 Å². The lowest BCUT2D eigenvalue weighted by atomic mass is 10.1. The zero-order valence-electron chi connectivity index (χ0n) is 20.7. The van der Waals surface area contributed by atoms with Gasteiger partial charge in [-0.2, -0.15) is 0 Å². The number of thiazole rings is 1. The van der Waals surface area contributed by atoms with Gasteiger partial charge in [-0.1, -0.05) is 0 Å². The number of carbonyl (C=O) groups excluding carboxylic acids is 3. The first-order valence-corrected chi connectivity index (χ1v) is 12.6. The number of nitrogens with two attached hydrogens (primary N) is 3. The first-order chi connectivity index (χ1) is 17.1. The highest BCUT2D eigenvalue weighted by Gasteiger charge is 2.38. The number of aliphatic imine (C=N–C) groups is 1. The van der Waals surface area contributed by atoms with Crippen LogP contribution in [0.3, 0.4) is 0 Å². The molecule has 0 aliphatic carbocycles. The number of likely N-dealkylation sites (tertiary alicyclic amines) is 1. The zero-order chi connectivity index (χ0) is 26.4. The monoisotopic (exact) mass is 518 g/mol. The van der Waals surface area contributed by atoms with Gasteiger partial charge in [-0.05, 0) is 32.6 Å². The number of aryl methyl sites for hydroxylation is 2. The number of nitrogens with zero attached hydrogens (tertiary/aromatic N) is 5. The maximum absolute atomic E-state index is 13.1. The Hall–Kier alpha value is -3.52. The lowest BCUT2D eigenvalue weighted by Gasteiger charge is -2.22. The smallest absolute Gasteiger partial charge is 0.274 e. The average molecular weight is 519 g/mol. The number of likely N-dealkylation sites (N-methyl/N-ethyl adjacent to an activating group) is 1.